The monoisotopic (exact) mass is 290 g/mol. The van der Waals surface area contributed by atoms with E-state index in [2.05, 4.69) is 5.32 Å². The molecule has 0 radical (unpaired) electrons. The van der Waals surface area contributed by atoms with Gasteiger partial charge >= 0.3 is 6.18 Å². The summed E-state index contributed by atoms with van der Waals surface area (Å²) >= 11 is 0. The van der Waals surface area contributed by atoms with Crippen molar-refractivity contribution < 1.29 is 18.0 Å². The maximum absolute atomic E-state index is 12.6. The molecule has 6 heteroatoms. The number of nitrogens with zero attached hydrogens (tertiary/aromatic N) is 1. The molecule has 20 heavy (non-hydrogen) atoms. The molecule has 2 unspecified atom stereocenters. The standard InChI is InChI=1S/C14H21F3N2O/c1-9(8-14(15,16)17)19-11(10-4-2-3-5-10)18-13(6-7-13)12(19)20/h9-11,18H,2-8H2,1H3. The highest BCUT2D eigenvalue weighted by Gasteiger charge is 2.61. The third-order valence-corrected chi connectivity index (χ3v) is 4.97. The molecule has 3 fully saturated rings. The second-order valence-corrected chi connectivity index (χ2v) is 6.60. The lowest BCUT2D eigenvalue weighted by Crippen LogP contribution is -2.48. The van der Waals surface area contributed by atoms with Crippen molar-refractivity contribution >= 4 is 5.91 Å². The summed E-state index contributed by atoms with van der Waals surface area (Å²) in [6.07, 6.45) is 0.460. The van der Waals surface area contributed by atoms with Crippen molar-refractivity contribution in [1.29, 1.82) is 0 Å². The smallest absolute Gasteiger partial charge is 0.322 e. The number of carbonyl (C=O) groups excluding carboxylic acids is 1. The second-order valence-electron chi connectivity index (χ2n) is 6.60. The quantitative estimate of drug-likeness (QED) is 0.867. The molecule has 3 aliphatic rings. The molecule has 1 spiro atoms. The number of carbonyl (C=O) groups is 1. The van der Waals surface area contributed by atoms with Gasteiger partial charge in [0.1, 0.15) is 0 Å². The summed E-state index contributed by atoms with van der Waals surface area (Å²) in [7, 11) is 0. The van der Waals surface area contributed by atoms with Gasteiger partial charge < -0.3 is 4.90 Å². The zero-order valence-electron chi connectivity index (χ0n) is 11.7. The minimum atomic E-state index is -4.22. The predicted octanol–water partition coefficient (Wildman–Crippen LogP) is 2.81. The van der Waals surface area contributed by atoms with Gasteiger partial charge in [0.2, 0.25) is 5.91 Å². The molecule has 114 valence electrons. The highest BCUT2D eigenvalue weighted by atomic mass is 19.4. The number of nitrogens with one attached hydrogen (secondary N) is 1. The van der Waals surface area contributed by atoms with E-state index >= 15 is 0 Å². The van der Waals surface area contributed by atoms with E-state index in [1.807, 2.05) is 0 Å². The molecule has 2 aliphatic carbocycles. The Morgan fingerprint density at radius 2 is 1.95 bits per heavy atom. The van der Waals surface area contributed by atoms with Crippen LogP contribution in [0.15, 0.2) is 0 Å². The van der Waals surface area contributed by atoms with Crippen LogP contribution < -0.4 is 5.32 Å². The number of hydrogen-bond acceptors (Lipinski definition) is 2. The molecule has 0 bridgehead atoms. The van der Waals surface area contributed by atoms with Crippen LogP contribution in [0.2, 0.25) is 0 Å². The Bertz CT molecular complexity index is 400. The molecule has 1 amide bonds. The summed E-state index contributed by atoms with van der Waals surface area (Å²) in [5.74, 6) is 0.209. The van der Waals surface area contributed by atoms with Crippen molar-refractivity contribution in [1.82, 2.24) is 10.2 Å². The van der Waals surface area contributed by atoms with E-state index in [9.17, 15) is 18.0 Å². The van der Waals surface area contributed by atoms with E-state index in [1.165, 1.54) is 11.8 Å². The molecule has 0 aromatic carbocycles. The number of alkyl halides is 3. The number of rotatable bonds is 3. The molecule has 1 aliphatic heterocycles. The summed E-state index contributed by atoms with van der Waals surface area (Å²) in [5, 5.41) is 3.36. The van der Waals surface area contributed by atoms with E-state index in [0.29, 0.717) is 5.92 Å². The number of halogens is 3. The van der Waals surface area contributed by atoms with Crippen LogP contribution in [0.1, 0.15) is 51.9 Å². The first kappa shape index (κ1) is 14.2. The molecule has 1 saturated heterocycles. The minimum Gasteiger partial charge on any atom is -0.322 e. The molecule has 3 rings (SSSR count). The van der Waals surface area contributed by atoms with E-state index in [-0.39, 0.29) is 12.1 Å². The maximum Gasteiger partial charge on any atom is 0.391 e. The summed E-state index contributed by atoms with van der Waals surface area (Å²) in [6.45, 7) is 1.52. The van der Waals surface area contributed by atoms with Gasteiger partial charge in [-0.15, -0.1) is 0 Å². The Balaban J connectivity index is 1.78. The predicted molar refractivity (Wildman–Crippen MR) is 67.8 cm³/mol. The van der Waals surface area contributed by atoms with Gasteiger partial charge in [0.15, 0.2) is 0 Å². The average Bonchev–Trinajstić information content (AvgIpc) is 2.81. The molecule has 0 aromatic heterocycles. The van der Waals surface area contributed by atoms with Gasteiger partial charge in [-0.1, -0.05) is 12.8 Å². The molecule has 0 aromatic rings. The fraction of sp³-hybridized carbons (Fsp3) is 0.929. The molecular weight excluding hydrogens is 269 g/mol. The highest BCUT2D eigenvalue weighted by molar-refractivity contribution is 5.92. The zero-order valence-corrected chi connectivity index (χ0v) is 11.7. The SMILES string of the molecule is CC(CC(F)(F)F)N1C(=O)C2(CC2)NC1C1CCCC1. The van der Waals surface area contributed by atoms with Gasteiger partial charge in [-0.2, -0.15) is 13.2 Å². The van der Waals surface area contributed by atoms with Crippen molar-refractivity contribution in [3.63, 3.8) is 0 Å². The van der Waals surface area contributed by atoms with Crippen LogP contribution in [0, 0.1) is 5.92 Å². The molecule has 2 saturated carbocycles. The van der Waals surface area contributed by atoms with E-state index in [1.54, 1.807) is 0 Å². The van der Waals surface area contributed by atoms with Crippen molar-refractivity contribution in [3.05, 3.63) is 0 Å². The Morgan fingerprint density at radius 3 is 2.45 bits per heavy atom. The molecular formula is C14H21F3N2O. The topological polar surface area (TPSA) is 32.3 Å². The Labute approximate surface area is 116 Å². The second kappa shape index (κ2) is 4.61. The van der Waals surface area contributed by atoms with Crippen molar-refractivity contribution in [2.45, 2.75) is 75.8 Å². The normalized spacial score (nSPS) is 31.3. The first-order valence-electron chi connectivity index (χ1n) is 7.50. The third-order valence-electron chi connectivity index (χ3n) is 4.97. The fourth-order valence-electron chi connectivity index (χ4n) is 3.80. The number of amides is 1. The van der Waals surface area contributed by atoms with Crippen LogP contribution in [0.4, 0.5) is 13.2 Å². The minimum absolute atomic E-state index is 0.105. The fourth-order valence-corrected chi connectivity index (χ4v) is 3.80. The highest BCUT2D eigenvalue weighted by Crippen LogP contribution is 2.46. The summed E-state index contributed by atoms with van der Waals surface area (Å²) in [6, 6.07) is -0.777. The molecule has 1 heterocycles. The van der Waals surface area contributed by atoms with Gasteiger partial charge in [0, 0.05) is 6.04 Å². The Hall–Kier alpha value is -0.780. The lowest BCUT2D eigenvalue weighted by Gasteiger charge is -2.34. The third kappa shape index (κ3) is 2.43. The summed E-state index contributed by atoms with van der Waals surface area (Å²) < 4.78 is 37.9. The Morgan fingerprint density at radius 1 is 1.35 bits per heavy atom. The van der Waals surface area contributed by atoms with Crippen LogP contribution in [-0.2, 0) is 4.79 Å². The van der Waals surface area contributed by atoms with Crippen molar-refractivity contribution in [2.75, 3.05) is 0 Å². The summed E-state index contributed by atoms with van der Waals surface area (Å²) in [4.78, 5) is 14.0. The largest absolute Gasteiger partial charge is 0.391 e. The molecule has 1 N–H and O–H groups in total. The molecule has 3 nitrogen and oxygen atoms in total. The zero-order chi connectivity index (χ0) is 14.5. The Kier molecular flexibility index (Phi) is 3.27. The van der Waals surface area contributed by atoms with E-state index in [4.69, 9.17) is 0 Å². The van der Waals surface area contributed by atoms with Gasteiger partial charge in [0.25, 0.3) is 0 Å². The molecule has 2 atom stereocenters. The maximum atomic E-state index is 12.6. The van der Waals surface area contributed by atoms with Gasteiger partial charge in [-0.05, 0) is 38.5 Å². The van der Waals surface area contributed by atoms with Gasteiger partial charge in [-0.25, -0.2) is 0 Å². The van der Waals surface area contributed by atoms with E-state index in [0.717, 1.165) is 38.5 Å². The van der Waals surface area contributed by atoms with Crippen molar-refractivity contribution in [3.8, 4) is 0 Å². The van der Waals surface area contributed by atoms with E-state index < -0.39 is 24.2 Å². The lowest BCUT2D eigenvalue weighted by atomic mass is 10.0. The van der Waals surface area contributed by atoms with Crippen LogP contribution in [0.3, 0.4) is 0 Å². The summed E-state index contributed by atoms with van der Waals surface area (Å²) in [5.41, 5.74) is -0.521. The van der Waals surface area contributed by atoms with Crippen LogP contribution in [0.25, 0.3) is 0 Å². The lowest BCUT2D eigenvalue weighted by molar-refractivity contribution is -0.154. The average molecular weight is 290 g/mol. The van der Waals surface area contributed by atoms with Gasteiger partial charge in [0.05, 0.1) is 18.1 Å². The first-order chi connectivity index (χ1) is 9.32. The van der Waals surface area contributed by atoms with Gasteiger partial charge in [-0.3, -0.25) is 10.1 Å². The van der Waals surface area contributed by atoms with Crippen LogP contribution in [-0.4, -0.2) is 34.7 Å². The number of hydrogen-bond donors (Lipinski definition) is 1. The first-order valence-corrected chi connectivity index (χ1v) is 7.50. The van der Waals surface area contributed by atoms with Crippen LogP contribution >= 0.6 is 0 Å². The van der Waals surface area contributed by atoms with Crippen LogP contribution in [0.5, 0.6) is 0 Å². The van der Waals surface area contributed by atoms with Crippen molar-refractivity contribution in [2.24, 2.45) is 5.92 Å².